The van der Waals surface area contributed by atoms with Crippen LogP contribution in [0.5, 0.6) is 0 Å². The Kier molecular flexibility index (Phi) is 5.00. The van der Waals surface area contributed by atoms with E-state index >= 15 is 0 Å². The van der Waals surface area contributed by atoms with Crippen LogP contribution in [0.25, 0.3) is 0 Å². The molecule has 3 heterocycles. The van der Waals surface area contributed by atoms with Crippen molar-refractivity contribution < 1.29 is 9.59 Å². The van der Waals surface area contributed by atoms with Gasteiger partial charge in [-0.3, -0.25) is 19.4 Å². The summed E-state index contributed by atoms with van der Waals surface area (Å²) in [4.78, 5) is 36.2. The zero-order valence-electron chi connectivity index (χ0n) is 16.0. The number of piperazine rings is 1. The summed E-state index contributed by atoms with van der Waals surface area (Å²) in [5.41, 5.74) is -0.514. The standard InChI is InChI=1S/C21H28N4O2/c1-21-9-4-2-7-17(21)19(26)25(20(21)27)12-6-11-23-13-15-24(16-14-23)18-8-3-5-10-22-18/h2-5,8,10,17H,6-7,9,11-16H2,1H3. The molecule has 2 fully saturated rings. The molecule has 6 heteroatoms. The molecular formula is C21H28N4O2. The van der Waals surface area contributed by atoms with E-state index in [-0.39, 0.29) is 17.7 Å². The number of carbonyl (C=O) groups excluding carboxylic acids is 2. The minimum absolute atomic E-state index is 0.0295. The maximum absolute atomic E-state index is 12.8. The van der Waals surface area contributed by atoms with E-state index in [9.17, 15) is 9.59 Å². The van der Waals surface area contributed by atoms with Gasteiger partial charge < -0.3 is 4.90 Å². The molecule has 144 valence electrons. The van der Waals surface area contributed by atoms with Crippen molar-refractivity contribution in [1.29, 1.82) is 0 Å². The highest BCUT2D eigenvalue weighted by Crippen LogP contribution is 2.45. The number of fused-ring (bicyclic) bond motifs is 1. The van der Waals surface area contributed by atoms with Gasteiger partial charge in [-0.15, -0.1) is 0 Å². The number of pyridine rings is 1. The highest BCUT2D eigenvalue weighted by molar-refractivity contribution is 6.07. The number of amides is 2. The zero-order chi connectivity index (χ0) is 18.9. The van der Waals surface area contributed by atoms with E-state index in [1.807, 2.05) is 37.4 Å². The Morgan fingerprint density at radius 1 is 1.11 bits per heavy atom. The van der Waals surface area contributed by atoms with Crippen LogP contribution in [0.1, 0.15) is 26.2 Å². The molecular weight excluding hydrogens is 340 g/mol. The molecule has 0 spiro atoms. The van der Waals surface area contributed by atoms with Crippen molar-refractivity contribution in [2.45, 2.75) is 26.2 Å². The lowest BCUT2D eigenvalue weighted by molar-refractivity contribution is -0.141. The van der Waals surface area contributed by atoms with E-state index < -0.39 is 5.41 Å². The second-order valence-corrected chi connectivity index (χ2v) is 8.05. The van der Waals surface area contributed by atoms with E-state index in [0.717, 1.165) is 45.0 Å². The van der Waals surface area contributed by atoms with Crippen LogP contribution in [0.2, 0.25) is 0 Å². The molecule has 2 amide bonds. The summed E-state index contributed by atoms with van der Waals surface area (Å²) >= 11 is 0. The van der Waals surface area contributed by atoms with Gasteiger partial charge in [-0.1, -0.05) is 18.2 Å². The fraction of sp³-hybridized carbons (Fsp3) is 0.571. The first-order chi connectivity index (χ1) is 13.1. The minimum atomic E-state index is -0.514. The van der Waals surface area contributed by atoms with Crippen molar-refractivity contribution >= 4 is 17.6 Å². The number of likely N-dealkylation sites (tertiary alicyclic amines) is 1. The normalized spacial score (nSPS) is 28.7. The third-order valence-electron chi connectivity index (χ3n) is 6.35. The summed E-state index contributed by atoms with van der Waals surface area (Å²) in [7, 11) is 0. The Morgan fingerprint density at radius 2 is 1.93 bits per heavy atom. The Morgan fingerprint density at radius 3 is 2.63 bits per heavy atom. The van der Waals surface area contributed by atoms with Crippen LogP contribution < -0.4 is 4.90 Å². The van der Waals surface area contributed by atoms with Crippen LogP contribution in [0.3, 0.4) is 0 Å². The lowest BCUT2D eigenvalue weighted by Gasteiger charge is -2.35. The number of nitrogens with zero attached hydrogens (tertiary/aromatic N) is 4. The molecule has 3 aliphatic rings. The largest absolute Gasteiger partial charge is 0.354 e. The first kappa shape index (κ1) is 18.2. The van der Waals surface area contributed by atoms with Crippen molar-refractivity contribution in [2.75, 3.05) is 44.2 Å². The van der Waals surface area contributed by atoms with Gasteiger partial charge in [-0.05, 0) is 44.9 Å². The molecule has 1 aliphatic carbocycles. The molecule has 2 aliphatic heterocycles. The predicted octanol–water partition coefficient (Wildman–Crippen LogP) is 1.93. The van der Waals surface area contributed by atoms with Gasteiger partial charge in [-0.2, -0.15) is 0 Å². The van der Waals surface area contributed by atoms with Gasteiger partial charge in [0, 0.05) is 38.9 Å². The van der Waals surface area contributed by atoms with Crippen molar-refractivity contribution in [1.82, 2.24) is 14.8 Å². The molecule has 27 heavy (non-hydrogen) atoms. The molecule has 0 N–H and O–H groups in total. The molecule has 0 aromatic carbocycles. The van der Waals surface area contributed by atoms with Gasteiger partial charge in [0.05, 0.1) is 11.3 Å². The molecule has 1 aromatic rings. The lowest BCUT2D eigenvalue weighted by atomic mass is 9.72. The quantitative estimate of drug-likeness (QED) is 0.587. The Balaban J connectivity index is 1.25. The lowest BCUT2D eigenvalue weighted by Crippen LogP contribution is -2.47. The summed E-state index contributed by atoms with van der Waals surface area (Å²) in [6.45, 7) is 7.33. The average Bonchev–Trinajstić information content (AvgIpc) is 2.90. The van der Waals surface area contributed by atoms with E-state index in [1.165, 1.54) is 4.90 Å². The van der Waals surface area contributed by atoms with E-state index in [2.05, 4.69) is 20.9 Å². The van der Waals surface area contributed by atoms with Crippen molar-refractivity contribution in [2.24, 2.45) is 11.3 Å². The maximum atomic E-state index is 12.8. The second-order valence-electron chi connectivity index (χ2n) is 8.05. The molecule has 2 unspecified atom stereocenters. The molecule has 0 radical (unpaired) electrons. The first-order valence-corrected chi connectivity index (χ1v) is 9.99. The molecule has 2 atom stereocenters. The summed E-state index contributed by atoms with van der Waals surface area (Å²) in [6, 6.07) is 6.01. The summed E-state index contributed by atoms with van der Waals surface area (Å²) in [5.74, 6) is 0.945. The van der Waals surface area contributed by atoms with E-state index in [4.69, 9.17) is 0 Å². The summed E-state index contributed by atoms with van der Waals surface area (Å²) in [5, 5.41) is 0. The van der Waals surface area contributed by atoms with Gasteiger partial charge in [0.25, 0.3) is 0 Å². The summed E-state index contributed by atoms with van der Waals surface area (Å²) < 4.78 is 0. The maximum Gasteiger partial charge on any atom is 0.236 e. The predicted molar refractivity (Wildman–Crippen MR) is 104 cm³/mol. The van der Waals surface area contributed by atoms with E-state index in [1.54, 1.807) is 0 Å². The smallest absolute Gasteiger partial charge is 0.236 e. The van der Waals surface area contributed by atoms with Crippen LogP contribution >= 0.6 is 0 Å². The average molecular weight is 368 g/mol. The number of imide groups is 1. The van der Waals surface area contributed by atoms with Crippen LogP contribution in [-0.4, -0.2) is 65.9 Å². The molecule has 6 nitrogen and oxygen atoms in total. The highest BCUT2D eigenvalue weighted by Gasteiger charge is 2.55. The van der Waals surface area contributed by atoms with Gasteiger partial charge >= 0.3 is 0 Å². The molecule has 0 saturated carbocycles. The van der Waals surface area contributed by atoms with Gasteiger partial charge in [0.15, 0.2) is 0 Å². The van der Waals surface area contributed by atoms with Crippen LogP contribution in [0, 0.1) is 11.3 Å². The van der Waals surface area contributed by atoms with Crippen LogP contribution in [0.4, 0.5) is 5.82 Å². The fourth-order valence-corrected chi connectivity index (χ4v) is 4.57. The molecule has 1 aromatic heterocycles. The van der Waals surface area contributed by atoms with Gasteiger partial charge in [0.2, 0.25) is 11.8 Å². The first-order valence-electron chi connectivity index (χ1n) is 9.99. The highest BCUT2D eigenvalue weighted by atomic mass is 16.2. The Hall–Kier alpha value is -2.21. The Bertz CT molecular complexity index is 727. The van der Waals surface area contributed by atoms with Crippen molar-refractivity contribution in [3.63, 3.8) is 0 Å². The van der Waals surface area contributed by atoms with E-state index in [0.29, 0.717) is 19.4 Å². The molecule has 4 rings (SSSR count). The fourth-order valence-electron chi connectivity index (χ4n) is 4.57. The van der Waals surface area contributed by atoms with Crippen LogP contribution in [0.15, 0.2) is 36.5 Å². The number of allylic oxidation sites excluding steroid dienone is 2. The number of carbonyl (C=O) groups is 2. The minimum Gasteiger partial charge on any atom is -0.354 e. The zero-order valence-corrected chi connectivity index (χ0v) is 16.0. The van der Waals surface area contributed by atoms with Crippen LogP contribution in [-0.2, 0) is 9.59 Å². The molecule has 0 bridgehead atoms. The van der Waals surface area contributed by atoms with Gasteiger partial charge in [-0.25, -0.2) is 4.98 Å². The number of aromatic nitrogens is 1. The number of hydrogen-bond acceptors (Lipinski definition) is 5. The number of rotatable bonds is 5. The topological polar surface area (TPSA) is 56.8 Å². The second kappa shape index (κ2) is 7.43. The Labute approximate surface area is 160 Å². The monoisotopic (exact) mass is 368 g/mol. The van der Waals surface area contributed by atoms with Crippen molar-refractivity contribution in [3.8, 4) is 0 Å². The van der Waals surface area contributed by atoms with Crippen molar-refractivity contribution in [3.05, 3.63) is 36.5 Å². The SMILES string of the molecule is CC12CC=CCC1C(=O)N(CCCN1CCN(c3ccccn3)CC1)C2=O. The van der Waals surface area contributed by atoms with Gasteiger partial charge in [0.1, 0.15) is 5.82 Å². The third kappa shape index (κ3) is 3.38. The summed E-state index contributed by atoms with van der Waals surface area (Å²) in [6.07, 6.45) is 8.16. The number of anilines is 1. The number of hydrogen-bond donors (Lipinski definition) is 0. The third-order valence-corrected chi connectivity index (χ3v) is 6.35. The molecule has 2 saturated heterocycles.